The lowest BCUT2D eigenvalue weighted by molar-refractivity contribution is -0.134. The van der Waals surface area contributed by atoms with Gasteiger partial charge in [0.05, 0.1) is 0 Å². The summed E-state index contributed by atoms with van der Waals surface area (Å²) in [6.45, 7) is 15.6. The summed E-state index contributed by atoms with van der Waals surface area (Å²) in [5.74, 6) is 1.58. The molecule has 2 atom stereocenters. The summed E-state index contributed by atoms with van der Waals surface area (Å²) >= 11 is 1.47. The molecule has 2 aromatic rings. The minimum atomic E-state index is 0.192. The van der Waals surface area contributed by atoms with E-state index in [-0.39, 0.29) is 17.4 Å². The van der Waals surface area contributed by atoms with Crippen molar-refractivity contribution in [2.24, 2.45) is 11.3 Å². The third-order valence-electron chi connectivity index (χ3n) is 5.64. The van der Waals surface area contributed by atoms with Gasteiger partial charge in [0, 0.05) is 50.1 Å². The lowest BCUT2D eigenvalue weighted by Gasteiger charge is -2.40. The highest BCUT2D eigenvalue weighted by atomic mass is 32.1. The van der Waals surface area contributed by atoms with Gasteiger partial charge >= 0.3 is 0 Å². The van der Waals surface area contributed by atoms with Gasteiger partial charge in [-0.05, 0) is 37.2 Å². The Balaban J connectivity index is 1.54. The molecule has 1 saturated heterocycles. The van der Waals surface area contributed by atoms with Crippen molar-refractivity contribution in [3.05, 3.63) is 41.2 Å². The SMILES string of the molecule is Cc1ccc(Cc2nsc(N3CCN(C(=O)C[C@@H](C)CC(C)(C)C)[C@H](C)C3)n2)cc1. The Kier molecular flexibility index (Phi) is 7.17. The Hall–Kier alpha value is -1.95. The van der Waals surface area contributed by atoms with Crippen LogP contribution in [-0.4, -0.2) is 45.8 Å². The molecule has 30 heavy (non-hydrogen) atoms. The Morgan fingerprint density at radius 3 is 2.57 bits per heavy atom. The first-order chi connectivity index (χ1) is 14.1. The zero-order chi connectivity index (χ0) is 21.9. The van der Waals surface area contributed by atoms with Gasteiger partial charge in [0.15, 0.2) is 0 Å². The first-order valence-electron chi connectivity index (χ1n) is 11.0. The van der Waals surface area contributed by atoms with Crippen LogP contribution in [0.1, 0.15) is 64.4 Å². The summed E-state index contributed by atoms with van der Waals surface area (Å²) in [6.07, 6.45) is 2.47. The zero-order valence-corrected chi connectivity index (χ0v) is 20.1. The minimum Gasteiger partial charge on any atom is -0.343 e. The number of rotatable bonds is 6. The Morgan fingerprint density at radius 1 is 1.23 bits per heavy atom. The minimum absolute atomic E-state index is 0.192. The lowest BCUT2D eigenvalue weighted by atomic mass is 9.84. The maximum absolute atomic E-state index is 12.9. The van der Waals surface area contributed by atoms with Crippen molar-refractivity contribution in [3.8, 4) is 0 Å². The van der Waals surface area contributed by atoms with E-state index in [1.807, 2.05) is 0 Å². The average molecular weight is 429 g/mol. The van der Waals surface area contributed by atoms with Gasteiger partial charge in [0.1, 0.15) is 5.82 Å². The summed E-state index contributed by atoms with van der Waals surface area (Å²) in [5.41, 5.74) is 2.76. The molecule has 1 fully saturated rings. The maximum atomic E-state index is 12.9. The molecule has 0 N–H and O–H groups in total. The van der Waals surface area contributed by atoms with Crippen LogP contribution in [0.15, 0.2) is 24.3 Å². The van der Waals surface area contributed by atoms with Gasteiger partial charge in [0.2, 0.25) is 11.0 Å². The normalized spacial score (nSPS) is 18.5. The molecule has 0 saturated carbocycles. The van der Waals surface area contributed by atoms with Gasteiger partial charge in [-0.1, -0.05) is 57.5 Å². The second-order valence-electron chi connectivity index (χ2n) is 10.1. The van der Waals surface area contributed by atoms with Crippen LogP contribution in [0.25, 0.3) is 0 Å². The molecule has 1 aromatic heterocycles. The van der Waals surface area contributed by atoms with Crippen LogP contribution in [0.2, 0.25) is 0 Å². The molecular formula is C24H36N4OS. The first-order valence-corrected chi connectivity index (χ1v) is 11.8. The van der Waals surface area contributed by atoms with E-state index in [0.717, 1.165) is 43.4 Å². The van der Waals surface area contributed by atoms with E-state index in [2.05, 4.69) is 80.0 Å². The fourth-order valence-electron chi connectivity index (χ4n) is 4.37. The predicted octanol–water partition coefficient (Wildman–Crippen LogP) is 4.94. The molecular weight excluding hydrogens is 392 g/mol. The van der Waals surface area contributed by atoms with Gasteiger partial charge in [-0.3, -0.25) is 4.79 Å². The molecule has 0 unspecified atom stereocenters. The van der Waals surface area contributed by atoms with E-state index in [9.17, 15) is 4.79 Å². The molecule has 3 rings (SSSR count). The monoisotopic (exact) mass is 428 g/mol. The van der Waals surface area contributed by atoms with E-state index in [1.165, 1.54) is 22.7 Å². The molecule has 164 valence electrons. The van der Waals surface area contributed by atoms with Crippen LogP contribution in [0.3, 0.4) is 0 Å². The number of carbonyl (C=O) groups is 1. The summed E-state index contributed by atoms with van der Waals surface area (Å²) in [5, 5.41) is 0.970. The van der Waals surface area contributed by atoms with Gasteiger partial charge in [-0.2, -0.15) is 4.37 Å². The van der Waals surface area contributed by atoms with E-state index in [4.69, 9.17) is 4.98 Å². The molecule has 0 spiro atoms. The predicted molar refractivity (Wildman–Crippen MR) is 125 cm³/mol. The number of aromatic nitrogens is 2. The van der Waals surface area contributed by atoms with Gasteiger partial charge < -0.3 is 9.80 Å². The molecule has 0 bridgehead atoms. The second kappa shape index (κ2) is 9.46. The van der Waals surface area contributed by atoms with Crippen molar-refractivity contribution in [3.63, 3.8) is 0 Å². The first kappa shape index (κ1) is 22.7. The number of nitrogens with zero attached hydrogens (tertiary/aromatic N) is 4. The number of carbonyl (C=O) groups excluding carboxylic acids is 1. The van der Waals surface area contributed by atoms with Gasteiger partial charge in [-0.15, -0.1) is 0 Å². The number of piperazine rings is 1. The van der Waals surface area contributed by atoms with Crippen LogP contribution in [0, 0.1) is 18.3 Å². The van der Waals surface area contributed by atoms with Crippen LogP contribution in [0.4, 0.5) is 5.13 Å². The highest BCUT2D eigenvalue weighted by Crippen LogP contribution is 2.28. The largest absolute Gasteiger partial charge is 0.343 e. The zero-order valence-electron chi connectivity index (χ0n) is 19.3. The van der Waals surface area contributed by atoms with E-state index in [0.29, 0.717) is 12.3 Å². The van der Waals surface area contributed by atoms with Crippen LogP contribution in [0.5, 0.6) is 0 Å². The Labute approximate surface area is 185 Å². The molecule has 1 aliphatic heterocycles. The smallest absolute Gasteiger partial charge is 0.223 e. The fourth-order valence-corrected chi connectivity index (χ4v) is 5.09. The van der Waals surface area contributed by atoms with Crippen molar-refractivity contribution >= 4 is 22.6 Å². The van der Waals surface area contributed by atoms with E-state index >= 15 is 0 Å². The Bertz CT molecular complexity index is 840. The fraction of sp³-hybridized carbons (Fsp3) is 0.625. The lowest BCUT2D eigenvalue weighted by Crippen LogP contribution is -2.54. The standard InChI is InChI=1S/C24H36N4OS/c1-17-7-9-20(10-8-17)14-21-25-23(30-26-21)27-11-12-28(19(3)16-27)22(29)13-18(2)15-24(4,5)6/h7-10,18-19H,11-16H2,1-6H3/t18-,19-/m1/s1. The maximum Gasteiger partial charge on any atom is 0.223 e. The molecule has 2 heterocycles. The summed E-state index contributed by atoms with van der Waals surface area (Å²) in [6, 6.07) is 8.73. The van der Waals surface area contributed by atoms with Gasteiger partial charge in [-0.25, -0.2) is 4.98 Å². The molecule has 0 radical (unpaired) electrons. The van der Waals surface area contributed by atoms with Crippen molar-refractivity contribution in [1.82, 2.24) is 14.3 Å². The molecule has 0 aliphatic carbocycles. The van der Waals surface area contributed by atoms with Crippen molar-refractivity contribution in [2.45, 2.75) is 66.8 Å². The van der Waals surface area contributed by atoms with Crippen LogP contribution < -0.4 is 4.90 Å². The highest BCUT2D eigenvalue weighted by molar-refractivity contribution is 7.09. The summed E-state index contributed by atoms with van der Waals surface area (Å²) < 4.78 is 4.57. The quantitative estimate of drug-likeness (QED) is 0.654. The number of benzene rings is 1. The van der Waals surface area contributed by atoms with Crippen molar-refractivity contribution in [1.29, 1.82) is 0 Å². The van der Waals surface area contributed by atoms with Crippen LogP contribution >= 0.6 is 11.5 Å². The van der Waals surface area contributed by atoms with Gasteiger partial charge in [0.25, 0.3) is 0 Å². The number of aryl methyl sites for hydroxylation is 1. The Morgan fingerprint density at radius 2 is 1.93 bits per heavy atom. The van der Waals surface area contributed by atoms with Crippen LogP contribution in [-0.2, 0) is 11.2 Å². The summed E-state index contributed by atoms with van der Waals surface area (Å²) in [7, 11) is 0. The highest BCUT2D eigenvalue weighted by Gasteiger charge is 2.30. The van der Waals surface area contributed by atoms with E-state index in [1.54, 1.807) is 0 Å². The summed E-state index contributed by atoms with van der Waals surface area (Å²) in [4.78, 5) is 22.0. The number of hydrogen-bond acceptors (Lipinski definition) is 5. The second-order valence-corrected chi connectivity index (χ2v) is 10.8. The molecule has 5 nitrogen and oxygen atoms in total. The van der Waals surface area contributed by atoms with Crippen molar-refractivity contribution in [2.75, 3.05) is 24.5 Å². The third kappa shape index (κ3) is 6.27. The topological polar surface area (TPSA) is 49.3 Å². The van der Waals surface area contributed by atoms with Crippen molar-refractivity contribution < 1.29 is 4.79 Å². The van der Waals surface area contributed by atoms with E-state index < -0.39 is 0 Å². The number of anilines is 1. The average Bonchev–Trinajstić information content (AvgIpc) is 3.10. The molecule has 1 amide bonds. The number of amides is 1. The molecule has 6 heteroatoms. The third-order valence-corrected chi connectivity index (χ3v) is 6.46. The molecule has 1 aliphatic rings. The number of hydrogen-bond donors (Lipinski definition) is 0. The molecule has 1 aromatic carbocycles.